The topological polar surface area (TPSA) is 34.1 Å². The van der Waals surface area contributed by atoms with Crippen molar-refractivity contribution in [1.29, 1.82) is 0 Å². The third-order valence-electron chi connectivity index (χ3n) is 1.66. The van der Waals surface area contributed by atoms with Crippen LogP contribution in [0, 0.1) is 0 Å². The molecule has 0 spiro atoms. The van der Waals surface area contributed by atoms with E-state index in [1.54, 1.807) is 5.38 Å². The van der Waals surface area contributed by atoms with Gasteiger partial charge in [-0.1, -0.05) is 18.2 Å². The predicted molar refractivity (Wildman–Crippen MR) is 50.4 cm³/mol. The molecule has 1 aromatic heterocycles. The smallest absolute Gasteiger partial charge is 0.169 e. The number of fused-ring (bicyclic) bond motifs is 1. The van der Waals surface area contributed by atoms with Gasteiger partial charge in [-0.15, -0.1) is 11.3 Å². The summed E-state index contributed by atoms with van der Waals surface area (Å²) < 4.78 is 22.5. The van der Waals surface area contributed by atoms with Crippen molar-refractivity contribution in [2.75, 3.05) is 0 Å². The fourth-order valence-electron chi connectivity index (χ4n) is 1.11. The molecule has 0 radical (unpaired) electrons. The van der Waals surface area contributed by atoms with Crippen LogP contribution in [0.1, 0.15) is 0 Å². The summed E-state index contributed by atoms with van der Waals surface area (Å²) in [5.41, 5.74) is 0. The van der Waals surface area contributed by atoms with Crippen molar-refractivity contribution in [1.82, 2.24) is 0 Å². The van der Waals surface area contributed by atoms with Crippen molar-refractivity contribution in [3.05, 3.63) is 29.6 Å². The van der Waals surface area contributed by atoms with Crippen LogP contribution in [0.5, 0.6) is 0 Å². The van der Waals surface area contributed by atoms with Crippen LogP contribution in [0.3, 0.4) is 0 Å². The molecule has 0 amide bonds. The van der Waals surface area contributed by atoms with Gasteiger partial charge in [-0.05, 0) is 6.07 Å². The zero-order valence-electron chi connectivity index (χ0n) is 6.06. The molecule has 0 aliphatic carbocycles. The Hall–Kier alpha value is -0.870. The molecule has 4 heteroatoms. The Bertz CT molecular complexity index is 475. The van der Waals surface area contributed by atoms with Gasteiger partial charge in [0.15, 0.2) is 10.7 Å². The van der Waals surface area contributed by atoms with Crippen molar-refractivity contribution in [3.63, 3.8) is 0 Å². The lowest BCUT2D eigenvalue weighted by atomic mass is 10.3. The second-order valence-electron chi connectivity index (χ2n) is 2.37. The maximum atomic E-state index is 10.7. The van der Waals surface area contributed by atoms with E-state index < -0.39 is 10.7 Å². The van der Waals surface area contributed by atoms with Crippen LogP contribution in [0.4, 0.5) is 0 Å². The van der Waals surface area contributed by atoms with Crippen LogP contribution in [0.25, 0.3) is 10.1 Å². The summed E-state index contributed by atoms with van der Waals surface area (Å²) in [6.07, 6.45) is 0. The second-order valence-corrected chi connectivity index (χ2v) is 4.28. The minimum atomic E-state index is -2.45. The molecule has 1 aromatic carbocycles. The Kier molecular flexibility index (Phi) is 1.86. The van der Waals surface area contributed by atoms with Crippen LogP contribution >= 0.6 is 11.3 Å². The standard InChI is InChI=1S/C8H6O2S2/c9-12(10)8-5-11-7-4-2-1-3-6(7)8/h1-5,12H. The average Bonchev–Trinajstić information content (AvgIpc) is 2.47. The minimum absolute atomic E-state index is 0.436. The van der Waals surface area contributed by atoms with E-state index in [0.717, 1.165) is 10.1 Å². The molecular weight excluding hydrogens is 192 g/mol. The zero-order chi connectivity index (χ0) is 8.55. The molecule has 0 N–H and O–H groups in total. The average molecular weight is 198 g/mol. The van der Waals surface area contributed by atoms with Crippen molar-refractivity contribution < 1.29 is 8.42 Å². The van der Waals surface area contributed by atoms with E-state index in [2.05, 4.69) is 0 Å². The number of benzene rings is 1. The van der Waals surface area contributed by atoms with E-state index >= 15 is 0 Å². The summed E-state index contributed by atoms with van der Waals surface area (Å²) >= 11 is 1.46. The molecule has 2 aromatic rings. The van der Waals surface area contributed by atoms with Gasteiger partial charge in [0.05, 0.1) is 4.90 Å². The summed E-state index contributed by atoms with van der Waals surface area (Å²) in [6.45, 7) is 0. The molecule has 0 aliphatic rings. The molecule has 0 bridgehead atoms. The molecule has 0 aliphatic heterocycles. The van der Waals surface area contributed by atoms with Crippen LogP contribution < -0.4 is 0 Å². The first-order chi connectivity index (χ1) is 5.79. The third kappa shape index (κ3) is 1.13. The van der Waals surface area contributed by atoms with E-state index in [9.17, 15) is 8.42 Å². The quantitative estimate of drug-likeness (QED) is 0.710. The molecule has 0 unspecified atom stereocenters. The molecule has 2 nitrogen and oxygen atoms in total. The second kappa shape index (κ2) is 2.88. The fourth-order valence-corrected chi connectivity index (χ4v) is 2.90. The van der Waals surface area contributed by atoms with E-state index in [0.29, 0.717) is 4.90 Å². The molecule has 62 valence electrons. The Labute approximate surface area is 75.4 Å². The molecule has 2 rings (SSSR count). The predicted octanol–water partition coefficient (Wildman–Crippen LogP) is 1.87. The van der Waals surface area contributed by atoms with Crippen LogP contribution in [0.15, 0.2) is 34.5 Å². The molecule has 12 heavy (non-hydrogen) atoms. The van der Waals surface area contributed by atoms with Crippen LogP contribution in [0.2, 0.25) is 0 Å². The number of hydrogen-bond acceptors (Lipinski definition) is 3. The summed E-state index contributed by atoms with van der Waals surface area (Å²) in [7, 11) is -2.45. The maximum Gasteiger partial charge on any atom is 0.169 e. The fraction of sp³-hybridized carbons (Fsp3) is 0. The zero-order valence-corrected chi connectivity index (χ0v) is 7.77. The van der Waals surface area contributed by atoms with Crippen LogP contribution in [-0.4, -0.2) is 8.42 Å². The first-order valence-corrected chi connectivity index (χ1v) is 5.45. The van der Waals surface area contributed by atoms with Crippen molar-refractivity contribution >= 4 is 32.1 Å². The molecular formula is C8H6O2S2. The largest absolute Gasteiger partial charge is 0.227 e. The van der Waals surface area contributed by atoms with Gasteiger partial charge in [-0.25, -0.2) is 8.42 Å². The summed E-state index contributed by atoms with van der Waals surface area (Å²) in [5.74, 6) is 0. The Morgan fingerprint density at radius 1 is 1.17 bits per heavy atom. The number of thiol groups is 1. The highest BCUT2D eigenvalue weighted by atomic mass is 32.2. The highest BCUT2D eigenvalue weighted by Crippen LogP contribution is 2.26. The van der Waals surface area contributed by atoms with E-state index in [1.165, 1.54) is 11.3 Å². The van der Waals surface area contributed by atoms with Gasteiger partial charge in [0.2, 0.25) is 0 Å². The summed E-state index contributed by atoms with van der Waals surface area (Å²) in [4.78, 5) is 0.436. The van der Waals surface area contributed by atoms with Gasteiger partial charge in [0, 0.05) is 15.5 Å². The summed E-state index contributed by atoms with van der Waals surface area (Å²) in [5, 5.41) is 2.51. The molecule has 0 saturated heterocycles. The van der Waals surface area contributed by atoms with Gasteiger partial charge in [0.1, 0.15) is 0 Å². The normalized spacial score (nSPS) is 11.1. The first-order valence-electron chi connectivity index (χ1n) is 3.39. The van der Waals surface area contributed by atoms with Crippen LogP contribution in [-0.2, 0) is 10.7 Å². The van der Waals surface area contributed by atoms with E-state index in [-0.39, 0.29) is 0 Å². The lowest BCUT2D eigenvalue weighted by molar-refractivity contribution is 0.615. The van der Waals surface area contributed by atoms with Gasteiger partial charge < -0.3 is 0 Å². The monoisotopic (exact) mass is 198 g/mol. The van der Waals surface area contributed by atoms with Gasteiger partial charge in [-0.2, -0.15) is 0 Å². The number of hydrogen-bond donors (Lipinski definition) is 1. The van der Waals surface area contributed by atoms with Crippen molar-refractivity contribution in [3.8, 4) is 0 Å². The highest BCUT2D eigenvalue weighted by molar-refractivity contribution is 7.73. The first kappa shape index (κ1) is 7.76. The number of rotatable bonds is 1. The molecule has 0 saturated carbocycles. The Balaban J connectivity index is 2.87. The highest BCUT2D eigenvalue weighted by Gasteiger charge is 2.03. The van der Waals surface area contributed by atoms with Gasteiger partial charge in [-0.3, -0.25) is 0 Å². The van der Waals surface area contributed by atoms with E-state index in [1.807, 2.05) is 24.3 Å². The summed E-state index contributed by atoms with van der Waals surface area (Å²) in [6, 6.07) is 7.49. The van der Waals surface area contributed by atoms with E-state index in [4.69, 9.17) is 0 Å². The molecule has 1 heterocycles. The molecule has 0 atom stereocenters. The maximum absolute atomic E-state index is 10.7. The van der Waals surface area contributed by atoms with Gasteiger partial charge in [0.25, 0.3) is 0 Å². The third-order valence-corrected chi connectivity index (χ3v) is 3.56. The lowest BCUT2D eigenvalue weighted by Crippen LogP contribution is -1.74. The number of thiophene rings is 1. The Morgan fingerprint density at radius 3 is 2.67 bits per heavy atom. The lowest BCUT2D eigenvalue weighted by Gasteiger charge is -1.87. The Morgan fingerprint density at radius 2 is 1.92 bits per heavy atom. The van der Waals surface area contributed by atoms with Crippen molar-refractivity contribution in [2.24, 2.45) is 0 Å². The van der Waals surface area contributed by atoms with Crippen molar-refractivity contribution in [2.45, 2.75) is 4.90 Å². The SMILES string of the molecule is O=[SH](=O)c1csc2ccccc12. The molecule has 0 fully saturated rings. The van der Waals surface area contributed by atoms with Gasteiger partial charge >= 0.3 is 0 Å². The minimum Gasteiger partial charge on any atom is -0.227 e.